The average Bonchev–Trinajstić information content (AvgIpc) is 2.50. The van der Waals surface area contributed by atoms with Crippen molar-refractivity contribution in [3.05, 3.63) is 0 Å². The molecule has 3 heteroatoms. The van der Waals surface area contributed by atoms with Gasteiger partial charge < -0.3 is 9.47 Å². The smallest absolute Gasteiger partial charge is 0.309 e. The number of epoxide rings is 1. The van der Waals surface area contributed by atoms with Crippen LogP contribution >= 0.6 is 0 Å². The summed E-state index contributed by atoms with van der Waals surface area (Å²) in [6.07, 6.45) is 2.16. The number of carbonyl (C=O) groups is 1. The molecule has 2 heterocycles. The second kappa shape index (κ2) is 1.55. The van der Waals surface area contributed by atoms with Crippen LogP contribution < -0.4 is 0 Å². The normalized spacial score (nSPS) is 64.5. The molecule has 0 radical (unpaired) electrons. The number of carbonyl (C=O) groups excluding carboxylic acids is 1. The Hall–Kier alpha value is -0.570. The highest BCUT2D eigenvalue weighted by Crippen LogP contribution is 2.63. The maximum Gasteiger partial charge on any atom is 0.309 e. The van der Waals surface area contributed by atoms with Crippen molar-refractivity contribution in [2.75, 3.05) is 6.61 Å². The first-order chi connectivity index (χ1) is 5.86. The second-order valence-electron chi connectivity index (χ2n) is 4.45. The number of cyclic esters (lactones) is 1. The van der Waals surface area contributed by atoms with Crippen LogP contribution in [0.15, 0.2) is 0 Å². The molecule has 2 aliphatic carbocycles. The van der Waals surface area contributed by atoms with Crippen LogP contribution in [-0.2, 0) is 14.3 Å². The van der Waals surface area contributed by atoms with E-state index in [1.54, 1.807) is 0 Å². The third kappa shape index (κ3) is 0.454. The minimum Gasteiger partial charge on any atom is -0.465 e. The summed E-state index contributed by atoms with van der Waals surface area (Å²) in [5, 5.41) is 0. The summed E-state index contributed by atoms with van der Waals surface area (Å²) in [6, 6.07) is 0. The Morgan fingerprint density at radius 2 is 2.00 bits per heavy atom. The molecule has 3 nitrogen and oxygen atoms in total. The number of hydrogen-bond acceptors (Lipinski definition) is 3. The Labute approximate surface area is 70.0 Å². The second-order valence-corrected chi connectivity index (χ2v) is 4.45. The third-order valence-electron chi connectivity index (χ3n) is 4.11. The van der Waals surface area contributed by atoms with Gasteiger partial charge in [-0.3, -0.25) is 4.79 Å². The Kier molecular flexibility index (Phi) is 0.773. The molecule has 2 bridgehead atoms. The molecule has 0 aromatic heterocycles. The maximum atomic E-state index is 11.3. The third-order valence-corrected chi connectivity index (χ3v) is 4.11. The van der Waals surface area contributed by atoms with Gasteiger partial charge in [0.15, 0.2) is 0 Å². The van der Waals surface area contributed by atoms with Crippen molar-refractivity contribution in [3.63, 3.8) is 0 Å². The lowest BCUT2D eigenvalue weighted by atomic mass is 9.81. The predicted molar refractivity (Wildman–Crippen MR) is 38.2 cm³/mol. The lowest BCUT2D eigenvalue weighted by Gasteiger charge is -2.15. The Morgan fingerprint density at radius 3 is 2.92 bits per heavy atom. The summed E-state index contributed by atoms with van der Waals surface area (Å²) in [7, 11) is 0. The molecular formula is C9H10O3. The first-order valence-corrected chi connectivity index (χ1v) is 4.68. The lowest BCUT2D eigenvalue weighted by Crippen LogP contribution is -2.28. The van der Waals surface area contributed by atoms with Crippen LogP contribution in [0.1, 0.15) is 6.42 Å². The van der Waals surface area contributed by atoms with Gasteiger partial charge >= 0.3 is 5.97 Å². The molecule has 4 rings (SSSR count). The highest BCUT2D eigenvalue weighted by molar-refractivity contribution is 5.76. The van der Waals surface area contributed by atoms with Crippen LogP contribution in [0.3, 0.4) is 0 Å². The fourth-order valence-electron chi connectivity index (χ4n) is 3.61. The van der Waals surface area contributed by atoms with E-state index in [2.05, 4.69) is 0 Å². The summed E-state index contributed by atoms with van der Waals surface area (Å²) < 4.78 is 10.6. The summed E-state index contributed by atoms with van der Waals surface area (Å²) in [6.45, 7) is 0.664. The zero-order chi connectivity index (χ0) is 7.87. The van der Waals surface area contributed by atoms with E-state index in [0.717, 1.165) is 0 Å². The standard InChI is InChI=1S/C9H10O3/c10-9-6-4-1-3(5(6)2-11-9)7-8(4)12-7/h3-8H,1-2H2/t3-,4-,5-,6-,7+,8+/m1/s1. The molecule has 6 atom stereocenters. The summed E-state index contributed by atoms with van der Waals surface area (Å²) in [5.74, 6) is 1.92. The Bertz CT molecular complexity index is 273. The number of rotatable bonds is 0. The van der Waals surface area contributed by atoms with Crippen molar-refractivity contribution < 1.29 is 14.3 Å². The zero-order valence-electron chi connectivity index (χ0n) is 6.60. The largest absolute Gasteiger partial charge is 0.465 e. The van der Waals surface area contributed by atoms with E-state index in [-0.39, 0.29) is 11.9 Å². The number of fused-ring (bicyclic) bond motifs is 8. The van der Waals surface area contributed by atoms with E-state index in [4.69, 9.17) is 9.47 Å². The molecule has 12 heavy (non-hydrogen) atoms. The molecule has 2 saturated heterocycles. The van der Waals surface area contributed by atoms with Crippen molar-refractivity contribution in [2.24, 2.45) is 23.7 Å². The lowest BCUT2D eigenvalue weighted by molar-refractivity contribution is -0.142. The van der Waals surface area contributed by atoms with E-state index >= 15 is 0 Å². The van der Waals surface area contributed by atoms with E-state index in [1.165, 1.54) is 6.42 Å². The Balaban J connectivity index is 1.80. The summed E-state index contributed by atoms with van der Waals surface area (Å²) in [4.78, 5) is 11.3. The van der Waals surface area contributed by atoms with Crippen molar-refractivity contribution >= 4 is 5.97 Å². The van der Waals surface area contributed by atoms with Crippen molar-refractivity contribution in [3.8, 4) is 0 Å². The zero-order valence-corrected chi connectivity index (χ0v) is 6.60. The van der Waals surface area contributed by atoms with Gasteiger partial charge in [0, 0.05) is 11.8 Å². The molecule has 0 amide bonds. The van der Waals surface area contributed by atoms with Gasteiger partial charge in [-0.1, -0.05) is 0 Å². The molecule has 2 saturated carbocycles. The summed E-state index contributed by atoms with van der Waals surface area (Å²) >= 11 is 0. The number of ether oxygens (including phenoxy) is 2. The number of esters is 1. The topological polar surface area (TPSA) is 38.8 Å². The van der Waals surface area contributed by atoms with Gasteiger partial charge in [-0.25, -0.2) is 0 Å². The first kappa shape index (κ1) is 5.97. The van der Waals surface area contributed by atoms with Crippen molar-refractivity contribution in [1.29, 1.82) is 0 Å². The van der Waals surface area contributed by atoms with Gasteiger partial charge in [-0.05, 0) is 12.3 Å². The average molecular weight is 166 g/mol. The predicted octanol–water partition coefficient (Wildman–Crippen LogP) is 0.193. The van der Waals surface area contributed by atoms with Gasteiger partial charge in [0.25, 0.3) is 0 Å². The van der Waals surface area contributed by atoms with Crippen LogP contribution in [0.4, 0.5) is 0 Å². The fraction of sp³-hybridized carbons (Fsp3) is 0.889. The molecule has 4 aliphatic rings. The minimum atomic E-state index is 0.0430. The maximum absolute atomic E-state index is 11.3. The fourth-order valence-corrected chi connectivity index (χ4v) is 3.61. The molecule has 0 unspecified atom stereocenters. The SMILES string of the molecule is O=C1OC[C@@H]2[C@H]3C[C@@H]([C@@H]4O[C@@H]34)[C@@H]12. The van der Waals surface area contributed by atoms with E-state index in [9.17, 15) is 4.79 Å². The quantitative estimate of drug-likeness (QED) is 0.381. The van der Waals surface area contributed by atoms with Gasteiger partial charge in [0.1, 0.15) is 0 Å². The van der Waals surface area contributed by atoms with Gasteiger partial charge in [0.05, 0.1) is 24.7 Å². The van der Waals surface area contributed by atoms with E-state index in [0.29, 0.717) is 36.6 Å². The molecule has 0 aromatic rings. The van der Waals surface area contributed by atoms with Gasteiger partial charge in [-0.2, -0.15) is 0 Å². The van der Waals surface area contributed by atoms with Crippen molar-refractivity contribution in [1.82, 2.24) is 0 Å². The van der Waals surface area contributed by atoms with E-state index < -0.39 is 0 Å². The molecule has 0 spiro atoms. The molecular weight excluding hydrogens is 156 g/mol. The highest BCUT2D eigenvalue weighted by atomic mass is 16.6. The molecule has 2 aliphatic heterocycles. The molecule has 0 aromatic carbocycles. The van der Waals surface area contributed by atoms with Crippen LogP contribution in [0.2, 0.25) is 0 Å². The van der Waals surface area contributed by atoms with Crippen LogP contribution in [0.5, 0.6) is 0 Å². The molecule has 0 N–H and O–H groups in total. The molecule has 4 fully saturated rings. The van der Waals surface area contributed by atoms with Crippen LogP contribution in [0.25, 0.3) is 0 Å². The molecule has 64 valence electrons. The van der Waals surface area contributed by atoms with E-state index in [1.807, 2.05) is 0 Å². The van der Waals surface area contributed by atoms with Crippen LogP contribution in [-0.4, -0.2) is 24.8 Å². The highest BCUT2D eigenvalue weighted by Gasteiger charge is 2.70. The van der Waals surface area contributed by atoms with Crippen LogP contribution in [0, 0.1) is 23.7 Å². The summed E-state index contributed by atoms with van der Waals surface area (Å²) in [5.41, 5.74) is 0. The monoisotopic (exact) mass is 166 g/mol. The number of hydrogen-bond donors (Lipinski definition) is 0. The van der Waals surface area contributed by atoms with Gasteiger partial charge in [0.2, 0.25) is 0 Å². The van der Waals surface area contributed by atoms with Gasteiger partial charge in [-0.15, -0.1) is 0 Å². The minimum absolute atomic E-state index is 0.0430. The first-order valence-electron chi connectivity index (χ1n) is 4.68. The van der Waals surface area contributed by atoms with Crippen molar-refractivity contribution in [2.45, 2.75) is 18.6 Å². The Morgan fingerprint density at radius 1 is 1.17 bits per heavy atom.